The van der Waals surface area contributed by atoms with Gasteiger partial charge in [0.25, 0.3) is 0 Å². The van der Waals surface area contributed by atoms with Crippen molar-refractivity contribution in [1.82, 2.24) is 4.57 Å². The van der Waals surface area contributed by atoms with Crippen LogP contribution in [0.15, 0.2) is 47.4 Å². The van der Waals surface area contributed by atoms with Gasteiger partial charge in [-0.3, -0.25) is 4.79 Å². The Labute approximate surface area is 185 Å². The Bertz CT molecular complexity index is 1330. The Balaban J connectivity index is 1.86. The van der Waals surface area contributed by atoms with Crippen molar-refractivity contribution in [2.75, 3.05) is 20.0 Å². The maximum absolute atomic E-state index is 12.2. The van der Waals surface area contributed by atoms with E-state index in [1.54, 1.807) is 24.3 Å². The maximum Gasteiger partial charge on any atom is 0.343 e. The molecular formula is C23H24N2O6S. The van der Waals surface area contributed by atoms with Crippen molar-refractivity contribution in [3.05, 3.63) is 59.3 Å². The summed E-state index contributed by atoms with van der Waals surface area (Å²) < 4.78 is 36.4. The van der Waals surface area contributed by atoms with Crippen molar-refractivity contribution < 1.29 is 27.5 Å². The number of hydrogen-bond donors (Lipinski definition) is 1. The van der Waals surface area contributed by atoms with Crippen LogP contribution in [0.5, 0.6) is 5.75 Å². The van der Waals surface area contributed by atoms with Crippen LogP contribution in [0.2, 0.25) is 0 Å². The van der Waals surface area contributed by atoms with Gasteiger partial charge in [0.05, 0.1) is 23.4 Å². The molecular weight excluding hydrogens is 432 g/mol. The summed E-state index contributed by atoms with van der Waals surface area (Å²) >= 11 is 0. The van der Waals surface area contributed by atoms with Gasteiger partial charge in [0.2, 0.25) is 5.91 Å². The minimum Gasteiger partial charge on any atom is -0.481 e. The summed E-state index contributed by atoms with van der Waals surface area (Å²) in [5.41, 5.74) is 9.11. The van der Waals surface area contributed by atoms with E-state index in [1.165, 1.54) is 13.4 Å². The zero-order chi connectivity index (χ0) is 23.0. The van der Waals surface area contributed by atoms with Crippen molar-refractivity contribution in [3.8, 4) is 5.75 Å². The average molecular weight is 457 g/mol. The molecule has 0 bridgehead atoms. The number of benzene rings is 2. The van der Waals surface area contributed by atoms with Gasteiger partial charge in [0.1, 0.15) is 5.75 Å². The maximum atomic E-state index is 12.2. The summed E-state index contributed by atoms with van der Waals surface area (Å²) in [7, 11) is -2.05. The first-order valence-electron chi connectivity index (χ1n) is 10.1. The molecule has 2 aromatic carbocycles. The zero-order valence-electron chi connectivity index (χ0n) is 17.8. The van der Waals surface area contributed by atoms with E-state index in [2.05, 4.69) is 9.30 Å². The lowest BCUT2D eigenvalue weighted by atomic mass is 9.99. The summed E-state index contributed by atoms with van der Waals surface area (Å²) in [5.74, 6) is -0.910. The summed E-state index contributed by atoms with van der Waals surface area (Å²) in [6, 6.07) is 12.3. The standard InChI is InChI=1S/C23H24N2O6S/c1-30-20(26)13-31-19-8-4-7-17-22(19)21-16(23(24)27)9-10-18(21)25(17)12-14-5-3-6-15(11-14)32(2,28)29/h3-8,11,16H,9-10,12-13H2,1-2H3,(H2,24,27). The van der Waals surface area contributed by atoms with Crippen LogP contribution < -0.4 is 10.5 Å². The van der Waals surface area contributed by atoms with E-state index in [0.717, 1.165) is 27.7 Å². The normalized spacial score (nSPS) is 15.5. The number of esters is 1. The third-order valence-electron chi connectivity index (χ3n) is 5.80. The van der Waals surface area contributed by atoms with Crippen molar-refractivity contribution in [2.24, 2.45) is 5.73 Å². The molecule has 0 aliphatic heterocycles. The van der Waals surface area contributed by atoms with E-state index < -0.39 is 27.6 Å². The number of nitrogens with two attached hydrogens (primary N) is 1. The first kappa shape index (κ1) is 21.9. The summed E-state index contributed by atoms with van der Waals surface area (Å²) in [6.07, 6.45) is 2.42. The second-order valence-electron chi connectivity index (χ2n) is 7.87. The highest BCUT2D eigenvalue weighted by Crippen LogP contribution is 2.44. The van der Waals surface area contributed by atoms with Crippen LogP contribution in [0.1, 0.15) is 29.2 Å². The molecule has 0 radical (unpaired) electrons. The summed E-state index contributed by atoms with van der Waals surface area (Å²) in [5, 5.41) is 0.743. The minimum atomic E-state index is -3.34. The number of aromatic nitrogens is 1. The van der Waals surface area contributed by atoms with Crippen molar-refractivity contribution in [2.45, 2.75) is 30.2 Å². The molecule has 1 aliphatic rings. The molecule has 0 saturated heterocycles. The number of ether oxygens (including phenoxy) is 2. The van der Waals surface area contributed by atoms with Gasteiger partial charge in [-0.25, -0.2) is 13.2 Å². The molecule has 2 N–H and O–H groups in total. The van der Waals surface area contributed by atoms with Gasteiger partial charge in [-0.05, 0) is 48.2 Å². The van der Waals surface area contributed by atoms with Crippen LogP contribution in [0.3, 0.4) is 0 Å². The molecule has 4 rings (SSSR count). The summed E-state index contributed by atoms with van der Waals surface area (Å²) in [6.45, 7) is 0.161. The number of rotatable bonds is 7. The molecule has 3 aromatic rings. The number of carbonyl (C=O) groups excluding carboxylic acids is 2. The molecule has 1 amide bonds. The van der Waals surface area contributed by atoms with E-state index in [0.29, 0.717) is 25.1 Å². The SMILES string of the molecule is COC(=O)COc1cccc2c1c1c(n2Cc2cccc(S(C)(=O)=O)c2)CCC1C(N)=O. The predicted molar refractivity (Wildman–Crippen MR) is 118 cm³/mol. The number of carbonyl (C=O) groups is 2. The molecule has 1 aliphatic carbocycles. The highest BCUT2D eigenvalue weighted by Gasteiger charge is 2.34. The van der Waals surface area contributed by atoms with E-state index in [9.17, 15) is 18.0 Å². The molecule has 1 unspecified atom stereocenters. The lowest BCUT2D eigenvalue weighted by Gasteiger charge is -2.12. The Morgan fingerprint density at radius 1 is 1.19 bits per heavy atom. The molecule has 168 valence electrons. The fourth-order valence-corrected chi connectivity index (χ4v) is 5.05. The number of methoxy groups -OCH3 is 1. The fourth-order valence-electron chi connectivity index (χ4n) is 4.36. The quantitative estimate of drug-likeness (QED) is 0.545. The predicted octanol–water partition coefficient (Wildman–Crippen LogP) is 2.16. The van der Waals surface area contributed by atoms with Crippen LogP contribution in [-0.2, 0) is 37.1 Å². The molecule has 0 spiro atoms. The Kier molecular flexibility index (Phi) is 5.68. The number of hydrogen-bond acceptors (Lipinski definition) is 6. The number of amides is 1. The largest absolute Gasteiger partial charge is 0.481 e. The van der Waals surface area contributed by atoms with Gasteiger partial charge < -0.3 is 19.8 Å². The third kappa shape index (κ3) is 3.95. The van der Waals surface area contributed by atoms with Gasteiger partial charge in [0, 0.05) is 23.9 Å². The second-order valence-corrected chi connectivity index (χ2v) is 9.89. The highest BCUT2D eigenvalue weighted by molar-refractivity contribution is 7.90. The molecule has 1 heterocycles. The molecule has 0 fully saturated rings. The lowest BCUT2D eigenvalue weighted by Crippen LogP contribution is -2.19. The number of primary amides is 1. The Hall–Kier alpha value is -3.33. The number of sulfone groups is 1. The Morgan fingerprint density at radius 2 is 1.94 bits per heavy atom. The second kappa shape index (κ2) is 8.31. The van der Waals surface area contributed by atoms with E-state index in [-0.39, 0.29) is 11.5 Å². The van der Waals surface area contributed by atoms with Gasteiger partial charge in [-0.1, -0.05) is 18.2 Å². The van der Waals surface area contributed by atoms with Crippen LogP contribution in [0.25, 0.3) is 10.9 Å². The lowest BCUT2D eigenvalue weighted by molar-refractivity contribution is -0.142. The third-order valence-corrected chi connectivity index (χ3v) is 6.91. The van der Waals surface area contributed by atoms with E-state index in [4.69, 9.17) is 10.5 Å². The van der Waals surface area contributed by atoms with Crippen LogP contribution in [0.4, 0.5) is 0 Å². The number of nitrogens with zero attached hydrogens (tertiary/aromatic N) is 1. The van der Waals surface area contributed by atoms with Crippen molar-refractivity contribution in [3.63, 3.8) is 0 Å². The van der Waals surface area contributed by atoms with Gasteiger partial charge in [-0.15, -0.1) is 0 Å². The fraction of sp³-hybridized carbons (Fsp3) is 0.304. The van der Waals surface area contributed by atoms with Gasteiger partial charge in [0.15, 0.2) is 16.4 Å². The molecule has 32 heavy (non-hydrogen) atoms. The average Bonchev–Trinajstić information content (AvgIpc) is 3.31. The monoisotopic (exact) mass is 456 g/mol. The zero-order valence-corrected chi connectivity index (χ0v) is 18.6. The molecule has 9 heteroatoms. The molecule has 8 nitrogen and oxygen atoms in total. The van der Waals surface area contributed by atoms with Gasteiger partial charge in [-0.2, -0.15) is 0 Å². The van der Waals surface area contributed by atoms with E-state index >= 15 is 0 Å². The number of fused-ring (bicyclic) bond motifs is 3. The van der Waals surface area contributed by atoms with Crippen LogP contribution >= 0.6 is 0 Å². The first-order chi connectivity index (χ1) is 15.2. The van der Waals surface area contributed by atoms with Crippen LogP contribution in [0, 0.1) is 0 Å². The Morgan fingerprint density at radius 3 is 2.62 bits per heavy atom. The van der Waals surface area contributed by atoms with Crippen molar-refractivity contribution in [1.29, 1.82) is 0 Å². The topological polar surface area (TPSA) is 118 Å². The van der Waals surface area contributed by atoms with E-state index in [1.807, 2.05) is 18.2 Å². The van der Waals surface area contributed by atoms with Crippen molar-refractivity contribution >= 4 is 32.6 Å². The molecule has 1 atom stereocenters. The summed E-state index contributed by atoms with van der Waals surface area (Å²) in [4.78, 5) is 24.0. The molecule has 0 saturated carbocycles. The van der Waals surface area contributed by atoms with Gasteiger partial charge >= 0.3 is 5.97 Å². The molecule has 1 aromatic heterocycles. The van der Waals surface area contributed by atoms with Crippen LogP contribution in [-0.4, -0.2) is 44.8 Å². The highest BCUT2D eigenvalue weighted by atomic mass is 32.2. The minimum absolute atomic E-state index is 0.250. The smallest absolute Gasteiger partial charge is 0.343 e. The first-order valence-corrected chi connectivity index (χ1v) is 12.0.